The van der Waals surface area contributed by atoms with Gasteiger partial charge < -0.3 is 19.5 Å². The number of carbonyl (C=O) groups is 1. The average Bonchev–Trinajstić information content (AvgIpc) is 3.59. The molecule has 3 aromatic heterocycles. The molecule has 0 radical (unpaired) electrons. The van der Waals surface area contributed by atoms with Gasteiger partial charge in [0.05, 0.1) is 6.61 Å². The van der Waals surface area contributed by atoms with Crippen LogP contribution in [0, 0.1) is 11.7 Å². The molecule has 1 fully saturated rings. The van der Waals surface area contributed by atoms with E-state index in [9.17, 15) is 18.4 Å². The van der Waals surface area contributed by atoms with Crippen molar-refractivity contribution >= 4 is 17.0 Å². The quantitative estimate of drug-likeness (QED) is 0.320. The Balaban J connectivity index is 1.50. The van der Waals surface area contributed by atoms with Crippen molar-refractivity contribution in [3.63, 3.8) is 0 Å². The summed E-state index contributed by atoms with van der Waals surface area (Å²) in [5.41, 5.74) is 1.97. The molecule has 1 aliphatic rings. The highest BCUT2D eigenvalue weighted by atomic mass is 19.1. The van der Waals surface area contributed by atoms with Crippen LogP contribution in [-0.2, 0) is 11.3 Å². The standard InChI is InChI=1S/C28H31F2N5O4/c1-3-35-23(10-11-32-35)27(37)34-25(16-4-7-18(29)8-5-16)28-33-22-12-17(6-9-24(22)39-28)21(15-38-2)20-13-19(30)14-31-26(20)36/h6,9-14,16,18,21,25H,3-5,7-8,15H2,1-2H3,(H,31,36)(H,34,37). The highest BCUT2D eigenvalue weighted by Gasteiger charge is 2.34. The maximum atomic E-state index is 14.0. The van der Waals surface area contributed by atoms with Gasteiger partial charge >= 0.3 is 0 Å². The zero-order chi connectivity index (χ0) is 27.5. The number of methoxy groups -OCH3 is 1. The number of nitrogens with zero attached hydrogens (tertiary/aromatic N) is 3. The minimum atomic E-state index is -0.853. The molecule has 0 spiro atoms. The Hall–Kier alpha value is -3.86. The van der Waals surface area contributed by atoms with Crippen molar-refractivity contribution in [2.45, 2.75) is 57.3 Å². The van der Waals surface area contributed by atoms with Gasteiger partial charge in [0.1, 0.15) is 29.2 Å². The second kappa shape index (κ2) is 11.5. The van der Waals surface area contributed by atoms with Crippen molar-refractivity contribution in [2.24, 2.45) is 5.92 Å². The zero-order valence-electron chi connectivity index (χ0n) is 21.8. The number of amides is 1. The lowest BCUT2D eigenvalue weighted by molar-refractivity contribution is 0.0876. The van der Waals surface area contributed by atoms with Crippen LogP contribution in [0.2, 0.25) is 0 Å². The Morgan fingerprint density at radius 3 is 2.79 bits per heavy atom. The largest absolute Gasteiger partial charge is 0.438 e. The number of ether oxygens (including phenoxy) is 1. The minimum Gasteiger partial charge on any atom is -0.438 e. The smallest absolute Gasteiger partial charge is 0.270 e. The van der Waals surface area contributed by atoms with E-state index in [-0.39, 0.29) is 24.0 Å². The molecule has 2 N–H and O–H groups in total. The van der Waals surface area contributed by atoms with Gasteiger partial charge in [-0.15, -0.1) is 0 Å². The van der Waals surface area contributed by atoms with E-state index >= 15 is 0 Å². The predicted molar refractivity (Wildman–Crippen MR) is 140 cm³/mol. The van der Waals surface area contributed by atoms with E-state index in [2.05, 4.69) is 15.4 Å². The van der Waals surface area contributed by atoms with E-state index in [4.69, 9.17) is 14.1 Å². The average molecular weight is 540 g/mol. The Bertz CT molecular complexity index is 1510. The third kappa shape index (κ3) is 5.63. The molecule has 1 saturated carbocycles. The highest BCUT2D eigenvalue weighted by Crippen LogP contribution is 2.37. The SMILES string of the molecule is CCn1nccc1C(=O)NC(c1nc2cc(C(COC)c3cc(F)c[nH]c3=O)ccc2o1)C1CCC(F)CC1. The fraction of sp³-hybridized carbons (Fsp3) is 0.429. The molecule has 1 amide bonds. The van der Waals surface area contributed by atoms with E-state index in [1.165, 1.54) is 13.2 Å². The molecule has 1 aromatic carbocycles. The van der Waals surface area contributed by atoms with Crippen LogP contribution < -0.4 is 10.9 Å². The summed E-state index contributed by atoms with van der Waals surface area (Å²) in [5, 5.41) is 7.25. The number of aromatic amines is 1. The van der Waals surface area contributed by atoms with Crippen LogP contribution in [0.25, 0.3) is 11.1 Å². The molecule has 0 bridgehead atoms. The van der Waals surface area contributed by atoms with Crippen molar-refractivity contribution in [3.05, 3.63) is 81.6 Å². The number of H-pyrrole nitrogens is 1. The maximum Gasteiger partial charge on any atom is 0.270 e. The van der Waals surface area contributed by atoms with E-state index < -0.39 is 29.5 Å². The Kier molecular flexibility index (Phi) is 7.87. The van der Waals surface area contributed by atoms with Crippen LogP contribution in [0.1, 0.15) is 72.1 Å². The number of aromatic nitrogens is 4. The number of aryl methyl sites for hydroxylation is 1. The molecule has 206 valence electrons. The number of rotatable bonds is 9. The third-order valence-electron chi connectivity index (χ3n) is 7.41. The molecule has 1 aliphatic carbocycles. The first-order valence-corrected chi connectivity index (χ1v) is 13.1. The van der Waals surface area contributed by atoms with Crippen molar-refractivity contribution in [2.75, 3.05) is 13.7 Å². The van der Waals surface area contributed by atoms with Gasteiger partial charge in [0.2, 0.25) is 5.89 Å². The topological polar surface area (TPSA) is 115 Å². The van der Waals surface area contributed by atoms with Gasteiger partial charge in [-0.05, 0) is 68.4 Å². The van der Waals surface area contributed by atoms with Crippen molar-refractivity contribution in [3.8, 4) is 0 Å². The summed E-state index contributed by atoms with van der Waals surface area (Å²) in [6, 6.07) is 7.58. The van der Waals surface area contributed by atoms with E-state index in [0.717, 1.165) is 6.20 Å². The summed E-state index contributed by atoms with van der Waals surface area (Å²) in [4.78, 5) is 32.8. The van der Waals surface area contributed by atoms with E-state index in [1.54, 1.807) is 35.1 Å². The van der Waals surface area contributed by atoms with Crippen LogP contribution in [0.5, 0.6) is 0 Å². The normalized spacial score (nSPS) is 19.2. The van der Waals surface area contributed by atoms with Gasteiger partial charge in [-0.1, -0.05) is 6.07 Å². The van der Waals surface area contributed by atoms with Gasteiger partial charge in [0.15, 0.2) is 5.58 Å². The summed E-state index contributed by atoms with van der Waals surface area (Å²) in [6.07, 6.45) is 3.73. The number of oxazole rings is 1. The Morgan fingerprint density at radius 2 is 2.05 bits per heavy atom. The second-order valence-corrected chi connectivity index (χ2v) is 9.88. The van der Waals surface area contributed by atoms with Crippen LogP contribution >= 0.6 is 0 Å². The number of benzene rings is 1. The molecular weight excluding hydrogens is 508 g/mol. The minimum absolute atomic E-state index is 0.0569. The molecule has 0 aliphatic heterocycles. The van der Waals surface area contributed by atoms with Gasteiger partial charge in [0.25, 0.3) is 11.5 Å². The molecule has 0 saturated heterocycles. The fourth-order valence-electron chi connectivity index (χ4n) is 5.36. The van der Waals surface area contributed by atoms with Crippen molar-refractivity contribution in [1.82, 2.24) is 25.1 Å². The molecule has 9 nitrogen and oxygen atoms in total. The van der Waals surface area contributed by atoms with Gasteiger partial charge in [-0.2, -0.15) is 5.10 Å². The Labute approximate surface area is 223 Å². The lowest BCUT2D eigenvalue weighted by atomic mass is 9.83. The molecule has 2 unspecified atom stereocenters. The second-order valence-electron chi connectivity index (χ2n) is 9.88. The van der Waals surface area contributed by atoms with Crippen LogP contribution in [0.15, 0.2) is 51.9 Å². The first-order chi connectivity index (χ1) is 18.9. The van der Waals surface area contributed by atoms with Crippen LogP contribution in [-0.4, -0.2) is 45.5 Å². The van der Waals surface area contributed by atoms with Crippen LogP contribution in [0.3, 0.4) is 0 Å². The summed E-state index contributed by atoms with van der Waals surface area (Å²) in [7, 11) is 1.51. The molecular formula is C28H31F2N5O4. The Morgan fingerprint density at radius 1 is 1.26 bits per heavy atom. The first kappa shape index (κ1) is 26.7. The monoisotopic (exact) mass is 539 g/mol. The number of hydrogen-bond acceptors (Lipinski definition) is 6. The van der Waals surface area contributed by atoms with Crippen molar-refractivity contribution < 1.29 is 22.7 Å². The number of fused-ring (bicyclic) bond motifs is 1. The summed E-state index contributed by atoms with van der Waals surface area (Å²) in [5.74, 6) is -1.13. The van der Waals surface area contributed by atoms with Crippen molar-refractivity contribution in [1.29, 1.82) is 0 Å². The first-order valence-electron chi connectivity index (χ1n) is 13.1. The van der Waals surface area contributed by atoms with E-state index in [0.29, 0.717) is 60.5 Å². The third-order valence-corrected chi connectivity index (χ3v) is 7.41. The van der Waals surface area contributed by atoms with E-state index in [1.807, 2.05) is 6.92 Å². The summed E-state index contributed by atoms with van der Waals surface area (Å²) in [6.45, 7) is 2.59. The fourth-order valence-corrected chi connectivity index (χ4v) is 5.36. The predicted octanol–water partition coefficient (Wildman–Crippen LogP) is 4.65. The lowest BCUT2D eigenvalue weighted by Gasteiger charge is -2.30. The molecule has 3 heterocycles. The molecule has 39 heavy (non-hydrogen) atoms. The summed E-state index contributed by atoms with van der Waals surface area (Å²) >= 11 is 0. The number of alkyl halides is 1. The number of halogens is 2. The van der Waals surface area contributed by atoms with Gasteiger partial charge in [-0.3, -0.25) is 14.3 Å². The molecule has 2 atom stereocenters. The molecule has 11 heteroatoms. The van der Waals surface area contributed by atoms with Gasteiger partial charge in [0, 0.05) is 37.5 Å². The van der Waals surface area contributed by atoms with Gasteiger partial charge in [-0.25, -0.2) is 13.8 Å². The van der Waals surface area contributed by atoms with Crippen LogP contribution in [0.4, 0.5) is 8.78 Å². The maximum absolute atomic E-state index is 14.0. The lowest BCUT2D eigenvalue weighted by Crippen LogP contribution is -2.36. The number of hydrogen-bond donors (Lipinski definition) is 2. The summed E-state index contributed by atoms with van der Waals surface area (Å²) < 4.78 is 41.0. The number of pyridine rings is 1. The number of carbonyl (C=O) groups excluding carboxylic acids is 1. The molecule has 5 rings (SSSR count). The zero-order valence-corrected chi connectivity index (χ0v) is 21.8. The highest BCUT2D eigenvalue weighted by molar-refractivity contribution is 5.92. The number of nitrogens with one attached hydrogen (secondary N) is 2. The molecule has 4 aromatic rings.